The molecule has 0 saturated carbocycles. The van der Waals surface area contributed by atoms with Crippen molar-refractivity contribution in [1.82, 2.24) is 14.5 Å². The quantitative estimate of drug-likeness (QED) is 0.182. The Hall–Kier alpha value is -6.62. The van der Waals surface area contributed by atoms with Crippen LogP contribution in [0.5, 0.6) is 0 Å². The predicted molar refractivity (Wildman–Crippen MR) is 230 cm³/mol. The summed E-state index contributed by atoms with van der Waals surface area (Å²) in [6.45, 7) is 4.42. The minimum absolute atomic E-state index is 0.674. The van der Waals surface area contributed by atoms with Crippen molar-refractivity contribution in [2.45, 2.75) is 13.8 Å². The highest BCUT2D eigenvalue weighted by Gasteiger charge is 2.21. The molecule has 3 heterocycles. The van der Waals surface area contributed by atoms with Crippen LogP contribution in [0.25, 0.3) is 103 Å². The normalized spacial score (nSPS) is 11.9. The molecular formula is C50H33N3S. The summed E-state index contributed by atoms with van der Waals surface area (Å²) in [4.78, 5) is 10.8. The number of thiophene rings is 1. The number of hydrogen-bond donors (Lipinski definition) is 0. The van der Waals surface area contributed by atoms with Gasteiger partial charge in [-0.05, 0) is 70.8 Å². The molecule has 0 aliphatic carbocycles. The predicted octanol–water partition coefficient (Wildman–Crippen LogP) is 13.9. The van der Waals surface area contributed by atoms with Gasteiger partial charge in [0.15, 0.2) is 0 Å². The maximum Gasteiger partial charge on any atom is 0.235 e. The van der Waals surface area contributed by atoms with E-state index in [1.165, 1.54) is 75.1 Å². The lowest BCUT2D eigenvalue weighted by Gasteiger charge is -2.15. The second-order valence-corrected chi connectivity index (χ2v) is 15.3. The molecule has 0 fully saturated rings. The third-order valence-electron chi connectivity index (χ3n) is 11.1. The van der Waals surface area contributed by atoms with Gasteiger partial charge in [-0.1, -0.05) is 146 Å². The largest absolute Gasteiger partial charge is 0.277 e. The molecular weight excluding hydrogens is 675 g/mol. The van der Waals surface area contributed by atoms with E-state index < -0.39 is 0 Å². The van der Waals surface area contributed by atoms with Gasteiger partial charge in [0, 0.05) is 47.3 Å². The summed E-state index contributed by atoms with van der Waals surface area (Å²) < 4.78 is 4.90. The fraction of sp³-hybridized carbons (Fsp3) is 0.0400. The molecule has 54 heavy (non-hydrogen) atoms. The molecule has 0 aliphatic heterocycles. The van der Waals surface area contributed by atoms with Gasteiger partial charge in [0.1, 0.15) is 0 Å². The first-order valence-electron chi connectivity index (χ1n) is 18.4. The van der Waals surface area contributed by atoms with Crippen LogP contribution in [-0.2, 0) is 0 Å². The summed E-state index contributed by atoms with van der Waals surface area (Å²) in [5.74, 6) is 0.674. The van der Waals surface area contributed by atoms with Gasteiger partial charge in [0.25, 0.3) is 0 Å². The minimum atomic E-state index is 0.674. The Bertz CT molecular complexity index is 3270. The number of aryl methyl sites for hydroxylation is 2. The van der Waals surface area contributed by atoms with Crippen LogP contribution < -0.4 is 0 Å². The molecule has 0 unspecified atom stereocenters. The van der Waals surface area contributed by atoms with E-state index in [-0.39, 0.29) is 0 Å². The van der Waals surface area contributed by atoms with E-state index in [2.05, 4.69) is 182 Å². The molecule has 3 nitrogen and oxygen atoms in total. The summed E-state index contributed by atoms with van der Waals surface area (Å²) in [6, 6.07) is 59.1. The van der Waals surface area contributed by atoms with Crippen LogP contribution in [-0.4, -0.2) is 14.5 Å². The molecule has 8 aromatic carbocycles. The number of para-hydroxylation sites is 2. The van der Waals surface area contributed by atoms with E-state index in [1.54, 1.807) is 0 Å². The van der Waals surface area contributed by atoms with Crippen molar-refractivity contribution in [3.63, 3.8) is 0 Å². The van der Waals surface area contributed by atoms with E-state index in [9.17, 15) is 0 Å². The van der Waals surface area contributed by atoms with Crippen molar-refractivity contribution in [3.8, 4) is 39.5 Å². The van der Waals surface area contributed by atoms with Crippen LogP contribution in [0.3, 0.4) is 0 Å². The Morgan fingerprint density at radius 3 is 1.87 bits per heavy atom. The first kappa shape index (κ1) is 31.0. The summed E-state index contributed by atoms with van der Waals surface area (Å²) >= 11 is 1.87. The van der Waals surface area contributed by atoms with Crippen molar-refractivity contribution in [1.29, 1.82) is 0 Å². The average Bonchev–Trinajstić information content (AvgIpc) is 3.78. The molecule has 0 N–H and O–H groups in total. The van der Waals surface area contributed by atoms with Crippen LogP contribution >= 0.6 is 11.3 Å². The van der Waals surface area contributed by atoms with E-state index in [4.69, 9.17) is 9.97 Å². The average molecular weight is 708 g/mol. The van der Waals surface area contributed by atoms with Crippen LogP contribution in [0.4, 0.5) is 0 Å². The van der Waals surface area contributed by atoms with Gasteiger partial charge in [0.05, 0.1) is 22.2 Å². The topological polar surface area (TPSA) is 30.7 Å². The second kappa shape index (κ2) is 12.0. The van der Waals surface area contributed by atoms with Gasteiger partial charge in [0.2, 0.25) is 5.95 Å². The van der Waals surface area contributed by atoms with Gasteiger partial charge >= 0.3 is 0 Å². The molecule has 11 rings (SSSR count). The lowest BCUT2D eigenvalue weighted by molar-refractivity contribution is 1.02. The molecule has 0 bridgehead atoms. The summed E-state index contributed by atoms with van der Waals surface area (Å²) in [6.07, 6.45) is 0. The molecule has 3 aromatic heterocycles. The molecule has 0 radical (unpaired) electrons. The first-order valence-corrected chi connectivity index (χ1v) is 19.2. The molecule has 0 amide bonds. The Morgan fingerprint density at radius 2 is 1.09 bits per heavy atom. The molecule has 0 aliphatic rings. The van der Waals surface area contributed by atoms with Gasteiger partial charge in [-0.25, -0.2) is 9.97 Å². The zero-order valence-corrected chi connectivity index (χ0v) is 30.7. The Labute approximate surface area is 316 Å². The van der Waals surface area contributed by atoms with Crippen molar-refractivity contribution >= 4 is 75.0 Å². The first-order chi connectivity index (χ1) is 26.6. The van der Waals surface area contributed by atoms with Crippen LogP contribution in [0.2, 0.25) is 0 Å². The van der Waals surface area contributed by atoms with Gasteiger partial charge < -0.3 is 0 Å². The van der Waals surface area contributed by atoms with Crippen LogP contribution in [0.15, 0.2) is 164 Å². The van der Waals surface area contributed by atoms with Crippen LogP contribution in [0, 0.1) is 13.8 Å². The molecule has 0 spiro atoms. The fourth-order valence-electron chi connectivity index (χ4n) is 8.50. The SMILES string of the molecule is Cc1cc(-c2ccc(-c3nc(-n4c5ccccc5c5ccc6ccc7c8ccccc8sc7c6c54)nc4ccccc34)cc2)c(C)cc1-c1ccccc1. The summed E-state index contributed by atoms with van der Waals surface area (Å²) in [5.41, 5.74) is 12.6. The zero-order valence-electron chi connectivity index (χ0n) is 29.8. The number of benzene rings is 8. The second-order valence-electron chi connectivity index (χ2n) is 14.3. The monoisotopic (exact) mass is 707 g/mol. The van der Waals surface area contributed by atoms with E-state index in [0.29, 0.717) is 5.95 Å². The van der Waals surface area contributed by atoms with Crippen molar-refractivity contribution in [3.05, 3.63) is 175 Å². The van der Waals surface area contributed by atoms with Crippen molar-refractivity contribution in [2.75, 3.05) is 0 Å². The zero-order chi connectivity index (χ0) is 35.9. The number of nitrogens with zero attached hydrogens (tertiary/aromatic N) is 3. The molecule has 0 saturated heterocycles. The highest BCUT2D eigenvalue weighted by Crippen LogP contribution is 2.44. The maximum absolute atomic E-state index is 5.48. The number of rotatable bonds is 4. The third-order valence-corrected chi connectivity index (χ3v) is 12.3. The maximum atomic E-state index is 5.48. The highest BCUT2D eigenvalue weighted by molar-refractivity contribution is 7.26. The minimum Gasteiger partial charge on any atom is -0.277 e. The smallest absolute Gasteiger partial charge is 0.235 e. The number of hydrogen-bond acceptors (Lipinski definition) is 3. The lowest BCUT2D eigenvalue weighted by Crippen LogP contribution is -2.03. The van der Waals surface area contributed by atoms with Gasteiger partial charge in [-0.3, -0.25) is 4.57 Å². The van der Waals surface area contributed by atoms with Crippen molar-refractivity contribution in [2.24, 2.45) is 0 Å². The summed E-state index contributed by atoms with van der Waals surface area (Å²) in [5, 5.41) is 8.47. The highest BCUT2D eigenvalue weighted by atomic mass is 32.1. The fourth-order valence-corrected chi connectivity index (χ4v) is 9.76. The van der Waals surface area contributed by atoms with Crippen molar-refractivity contribution < 1.29 is 0 Å². The Morgan fingerprint density at radius 1 is 0.481 bits per heavy atom. The summed E-state index contributed by atoms with van der Waals surface area (Å²) in [7, 11) is 0. The van der Waals surface area contributed by atoms with E-state index in [1.807, 2.05) is 11.3 Å². The van der Waals surface area contributed by atoms with Crippen LogP contribution in [0.1, 0.15) is 11.1 Å². The molecule has 4 heteroatoms. The third kappa shape index (κ3) is 4.67. The molecule has 11 aromatic rings. The van der Waals surface area contributed by atoms with E-state index >= 15 is 0 Å². The number of aromatic nitrogens is 3. The standard InChI is InChI=1S/C50H33N3S/c1-30-29-42(31(2)28-41(30)32-12-4-3-5-13-32)33-20-22-35(23-21-33)47-40-16-6-9-17-43(40)51-50(52-47)53-44-18-10-7-14-36(44)38-26-24-34-25-27-39-37-15-8-11-19-45(37)54-49(39)46(34)48(38)53/h3-29H,1-2H3. The lowest BCUT2D eigenvalue weighted by atomic mass is 9.91. The van der Waals surface area contributed by atoms with Gasteiger partial charge in [-0.2, -0.15) is 0 Å². The van der Waals surface area contributed by atoms with Gasteiger partial charge in [-0.15, -0.1) is 11.3 Å². The molecule has 0 atom stereocenters. The Balaban J connectivity index is 1.13. The number of fused-ring (bicyclic) bond motifs is 10. The van der Waals surface area contributed by atoms with E-state index in [0.717, 1.165) is 33.2 Å². The Kier molecular flexibility index (Phi) is 6.85. The molecule has 254 valence electrons.